The molecule has 0 spiro atoms. The first-order valence-electron chi connectivity index (χ1n) is 9.24. The maximum Gasteiger partial charge on any atom is 0.234 e. The zero-order valence-electron chi connectivity index (χ0n) is 14.4. The number of rotatable bonds is 5. The minimum absolute atomic E-state index is 0.165. The van der Waals surface area contributed by atoms with Crippen LogP contribution in [-0.4, -0.2) is 55.2 Å². The van der Waals surface area contributed by atoms with Gasteiger partial charge in [-0.1, -0.05) is 19.3 Å². The van der Waals surface area contributed by atoms with Gasteiger partial charge in [-0.25, -0.2) is 0 Å². The first-order valence-corrected chi connectivity index (χ1v) is 9.24. The van der Waals surface area contributed by atoms with E-state index in [0.29, 0.717) is 18.2 Å². The van der Waals surface area contributed by atoms with Crippen LogP contribution in [0.25, 0.3) is 0 Å². The van der Waals surface area contributed by atoms with Gasteiger partial charge in [0.05, 0.1) is 6.54 Å². The van der Waals surface area contributed by atoms with Crippen molar-refractivity contribution in [3.05, 3.63) is 24.3 Å². The van der Waals surface area contributed by atoms with Gasteiger partial charge in [-0.15, -0.1) is 0 Å². The zero-order chi connectivity index (χ0) is 16.8. The van der Waals surface area contributed by atoms with E-state index in [2.05, 4.69) is 15.1 Å². The van der Waals surface area contributed by atoms with Gasteiger partial charge in [0.15, 0.2) is 0 Å². The first kappa shape index (κ1) is 17.1. The second kappa shape index (κ2) is 8.38. The second-order valence-electron chi connectivity index (χ2n) is 7.09. The van der Waals surface area contributed by atoms with E-state index in [0.717, 1.165) is 38.4 Å². The molecule has 2 N–H and O–H groups in total. The molecule has 132 valence electrons. The maximum atomic E-state index is 12.1. The van der Waals surface area contributed by atoms with E-state index in [1.807, 2.05) is 12.1 Å². The Bertz CT molecular complexity index is 518. The molecule has 1 amide bonds. The van der Waals surface area contributed by atoms with Gasteiger partial charge in [0.1, 0.15) is 5.75 Å². The Morgan fingerprint density at radius 1 is 1.04 bits per heavy atom. The van der Waals surface area contributed by atoms with E-state index in [9.17, 15) is 9.90 Å². The predicted octanol–water partition coefficient (Wildman–Crippen LogP) is 2.21. The van der Waals surface area contributed by atoms with Crippen molar-refractivity contribution in [3.63, 3.8) is 0 Å². The summed E-state index contributed by atoms with van der Waals surface area (Å²) in [4.78, 5) is 16.7. The lowest BCUT2D eigenvalue weighted by Gasteiger charge is -2.35. The van der Waals surface area contributed by atoms with Gasteiger partial charge in [-0.2, -0.15) is 0 Å². The SMILES string of the molecule is O=C(CN1CCN(c2ccc(O)cc2)CC1)NCC1CCCCC1. The zero-order valence-corrected chi connectivity index (χ0v) is 14.4. The maximum absolute atomic E-state index is 12.1. The molecule has 0 aromatic heterocycles. The Morgan fingerprint density at radius 3 is 2.38 bits per heavy atom. The molecule has 1 aliphatic carbocycles. The highest BCUT2D eigenvalue weighted by atomic mass is 16.3. The molecule has 1 aromatic rings. The van der Waals surface area contributed by atoms with Gasteiger partial charge in [-0.3, -0.25) is 9.69 Å². The standard InChI is InChI=1S/C19H29N3O2/c23-18-8-6-17(7-9-18)22-12-10-21(11-13-22)15-19(24)20-14-16-4-2-1-3-5-16/h6-9,16,23H,1-5,10-15H2,(H,20,24). The van der Waals surface area contributed by atoms with Crippen molar-refractivity contribution in [2.75, 3.05) is 44.2 Å². The van der Waals surface area contributed by atoms with Crippen molar-refractivity contribution in [2.45, 2.75) is 32.1 Å². The van der Waals surface area contributed by atoms with Gasteiger partial charge in [0.2, 0.25) is 5.91 Å². The summed E-state index contributed by atoms with van der Waals surface area (Å²) >= 11 is 0. The summed E-state index contributed by atoms with van der Waals surface area (Å²) in [5.41, 5.74) is 1.13. The highest BCUT2D eigenvalue weighted by molar-refractivity contribution is 5.78. The van der Waals surface area contributed by atoms with Crippen LogP contribution in [0.5, 0.6) is 5.75 Å². The lowest BCUT2D eigenvalue weighted by Crippen LogP contribution is -2.49. The molecule has 0 atom stereocenters. The van der Waals surface area contributed by atoms with Crippen LogP contribution in [0, 0.1) is 5.92 Å². The average Bonchev–Trinajstić information content (AvgIpc) is 2.62. The lowest BCUT2D eigenvalue weighted by atomic mass is 9.89. The lowest BCUT2D eigenvalue weighted by molar-refractivity contribution is -0.122. The molecule has 2 fully saturated rings. The number of phenolic OH excluding ortho intramolecular Hbond substituents is 1. The second-order valence-corrected chi connectivity index (χ2v) is 7.09. The summed E-state index contributed by atoms with van der Waals surface area (Å²) in [5.74, 6) is 1.15. The fourth-order valence-electron chi connectivity index (χ4n) is 3.74. The third-order valence-corrected chi connectivity index (χ3v) is 5.27. The van der Waals surface area contributed by atoms with E-state index in [1.165, 1.54) is 32.1 Å². The van der Waals surface area contributed by atoms with Crippen molar-refractivity contribution in [1.82, 2.24) is 10.2 Å². The summed E-state index contributed by atoms with van der Waals surface area (Å²) in [6.45, 7) is 5.00. The number of benzene rings is 1. The number of phenols is 1. The fourth-order valence-corrected chi connectivity index (χ4v) is 3.74. The highest BCUT2D eigenvalue weighted by Crippen LogP contribution is 2.23. The molecule has 0 bridgehead atoms. The summed E-state index contributed by atoms with van der Waals surface area (Å²) < 4.78 is 0. The Labute approximate surface area is 144 Å². The minimum Gasteiger partial charge on any atom is -0.508 e. The molecule has 1 saturated carbocycles. The minimum atomic E-state index is 0.165. The average molecular weight is 331 g/mol. The van der Waals surface area contributed by atoms with Crippen LogP contribution >= 0.6 is 0 Å². The third kappa shape index (κ3) is 4.87. The molecule has 5 heteroatoms. The summed E-state index contributed by atoms with van der Waals surface area (Å²) in [6.07, 6.45) is 6.53. The Morgan fingerprint density at radius 2 is 1.71 bits per heavy atom. The van der Waals surface area contributed by atoms with Crippen LogP contribution in [0.2, 0.25) is 0 Å². The molecule has 0 radical (unpaired) electrons. The smallest absolute Gasteiger partial charge is 0.234 e. The van der Waals surface area contributed by atoms with Crippen LogP contribution in [0.15, 0.2) is 24.3 Å². The number of aromatic hydroxyl groups is 1. The Hall–Kier alpha value is -1.75. The monoisotopic (exact) mass is 331 g/mol. The van der Waals surface area contributed by atoms with Gasteiger partial charge in [0.25, 0.3) is 0 Å². The van der Waals surface area contributed by atoms with Crippen molar-refractivity contribution < 1.29 is 9.90 Å². The van der Waals surface area contributed by atoms with Crippen LogP contribution in [0.4, 0.5) is 5.69 Å². The van der Waals surface area contributed by atoms with Crippen LogP contribution in [0.3, 0.4) is 0 Å². The molecule has 0 unspecified atom stereocenters. The molecule has 3 rings (SSSR count). The number of carbonyl (C=O) groups is 1. The molecular formula is C19H29N3O2. The van der Waals surface area contributed by atoms with E-state index in [4.69, 9.17) is 0 Å². The summed E-state index contributed by atoms with van der Waals surface area (Å²) in [5, 5.41) is 12.5. The van der Waals surface area contributed by atoms with Crippen LogP contribution in [0.1, 0.15) is 32.1 Å². The van der Waals surface area contributed by atoms with Gasteiger partial charge in [-0.05, 0) is 43.0 Å². The number of anilines is 1. The Kier molecular flexibility index (Phi) is 5.96. The normalized spacial score (nSPS) is 20.1. The third-order valence-electron chi connectivity index (χ3n) is 5.27. The molecule has 1 aliphatic heterocycles. The largest absolute Gasteiger partial charge is 0.508 e. The quantitative estimate of drug-likeness (QED) is 0.869. The molecule has 5 nitrogen and oxygen atoms in total. The molecule has 24 heavy (non-hydrogen) atoms. The number of carbonyl (C=O) groups excluding carboxylic acids is 1. The predicted molar refractivity (Wildman–Crippen MR) is 96.3 cm³/mol. The molecule has 2 aliphatic rings. The molecule has 1 aromatic carbocycles. The van der Waals surface area contributed by atoms with E-state index in [1.54, 1.807) is 12.1 Å². The van der Waals surface area contributed by atoms with Crippen molar-refractivity contribution in [3.8, 4) is 5.75 Å². The summed E-state index contributed by atoms with van der Waals surface area (Å²) in [6, 6.07) is 7.34. The van der Waals surface area contributed by atoms with Crippen LogP contribution in [-0.2, 0) is 4.79 Å². The fraction of sp³-hybridized carbons (Fsp3) is 0.632. The van der Waals surface area contributed by atoms with Gasteiger partial charge in [0, 0.05) is 38.4 Å². The molecular weight excluding hydrogens is 302 g/mol. The van der Waals surface area contributed by atoms with Crippen LogP contribution < -0.4 is 10.2 Å². The Balaban J connectivity index is 1.37. The van der Waals surface area contributed by atoms with Crippen molar-refractivity contribution in [1.29, 1.82) is 0 Å². The molecule has 1 heterocycles. The van der Waals surface area contributed by atoms with E-state index in [-0.39, 0.29) is 5.91 Å². The highest BCUT2D eigenvalue weighted by Gasteiger charge is 2.20. The number of hydrogen-bond donors (Lipinski definition) is 2. The van der Waals surface area contributed by atoms with E-state index >= 15 is 0 Å². The number of amides is 1. The summed E-state index contributed by atoms with van der Waals surface area (Å²) in [7, 11) is 0. The topological polar surface area (TPSA) is 55.8 Å². The number of nitrogens with one attached hydrogen (secondary N) is 1. The number of nitrogens with zero attached hydrogens (tertiary/aromatic N) is 2. The van der Waals surface area contributed by atoms with E-state index < -0.39 is 0 Å². The van der Waals surface area contributed by atoms with Crippen molar-refractivity contribution in [2.24, 2.45) is 5.92 Å². The van der Waals surface area contributed by atoms with Gasteiger partial charge >= 0.3 is 0 Å². The number of piperazine rings is 1. The molecule has 1 saturated heterocycles. The first-order chi connectivity index (χ1) is 11.7. The van der Waals surface area contributed by atoms with Gasteiger partial charge < -0.3 is 15.3 Å². The number of hydrogen-bond acceptors (Lipinski definition) is 4. The van der Waals surface area contributed by atoms with Crippen molar-refractivity contribution >= 4 is 11.6 Å².